The van der Waals surface area contributed by atoms with Gasteiger partial charge in [0.05, 0.1) is 30.1 Å². The van der Waals surface area contributed by atoms with Crippen molar-refractivity contribution in [2.24, 2.45) is 17.8 Å². The average Bonchev–Trinajstić information content (AvgIpc) is 3.41. The molecule has 4 rings (SSSR count). The maximum absolute atomic E-state index is 14.0. The summed E-state index contributed by atoms with van der Waals surface area (Å²) in [5.74, 6) is -1.69. The lowest BCUT2D eigenvalue weighted by atomic mass is 9.65. The molecule has 0 aromatic heterocycles. The zero-order chi connectivity index (χ0) is 24.0. The molecule has 6 atom stereocenters. The van der Waals surface area contributed by atoms with Gasteiger partial charge in [-0.3, -0.25) is 14.4 Å². The summed E-state index contributed by atoms with van der Waals surface area (Å²) >= 11 is 0. The van der Waals surface area contributed by atoms with Crippen LogP contribution in [-0.2, 0) is 19.1 Å². The number of likely N-dealkylation sites (tertiary alicyclic amines) is 1. The lowest BCUT2D eigenvalue weighted by molar-refractivity contribution is -0.151. The molecule has 1 aliphatic carbocycles. The molecule has 2 unspecified atom stereocenters. The molecule has 3 saturated heterocycles. The van der Waals surface area contributed by atoms with Crippen LogP contribution < -0.4 is 10.6 Å². The van der Waals surface area contributed by atoms with Gasteiger partial charge in [0.25, 0.3) is 0 Å². The van der Waals surface area contributed by atoms with E-state index >= 15 is 0 Å². The van der Waals surface area contributed by atoms with Gasteiger partial charge in [-0.05, 0) is 44.4 Å². The Kier molecular flexibility index (Phi) is 6.80. The number of rotatable bonds is 8. The molecule has 33 heavy (non-hydrogen) atoms. The number of amides is 3. The first-order chi connectivity index (χ1) is 15.7. The Hall–Kier alpha value is -1.67. The molecular formula is C25H41N3O5. The first kappa shape index (κ1) is 24.5. The smallest absolute Gasteiger partial charge is 0.246 e. The topological polar surface area (TPSA) is 108 Å². The van der Waals surface area contributed by atoms with E-state index < -0.39 is 35.1 Å². The predicted octanol–water partition coefficient (Wildman–Crippen LogP) is 1.74. The van der Waals surface area contributed by atoms with E-state index in [9.17, 15) is 19.5 Å². The van der Waals surface area contributed by atoms with Crippen molar-refractivity contribution in [3.05, 3.63) is 0 Å². The molecule has 2 bridgehead atoms. The molecule has 3 N–H and O–H groups in total. The monoisotopic (exact) mass is 463 g/mol. The van der Waals surface area contributed by atoms with Gasteiger partial charge >= 0.3 is 0 Å². The number of nitrogens with one attached hydrogen (secondary N) is 2. The number of carbonyl (C=O) groups excluding carboxylic acids is 3. The second-order valence-electron chi connectivity index (χ2n) is 11.0. The van der Waals surface area contributed by atoms with E-state index in [0.717, 1.165) is 25.7 Å². The quantitative estimate of drug-likeness (QED) is 0.508. The molecule has 1 spiro atoms. The third-order valence-electron chi connectivity index (χ3n) is 8.70. The van der Waals surface area contributed by atoms with Crippen LogP contribution >= 0.6 is 0 Å². The molecule has 8 heteroatoms. The Labute approximate surface area is 197 Å². The number of carbonyl (C=O) groups is 3. The van der Waals surface area contributed by atoms with Gasteiger partial charge in [-0.1, -0.05) is 40.0 Å². The van der Waals surface area contributed by atoms with Crippen LogP contribution in [0.4, 0.5) is 0 Å². The summed E-state index contributed by atoms with van der Waals surface area (Å²) in [5.41, 5.74) is -1.74. The molecule has 8 nitrogen and oxygen atoms in total. The highest BCUT2D eigenvalue weighted by molar-refractivity contribution is 5.99. The minimum atomic E-state index is -1.02. The fourth-order valence-corrected chi connectivity index (χ4v) is 7.25. The van der Waals surface area contributed by atoms with Gasteiger partial charge in [0, 0.05) is 13.1 Å². The maximum Gasteiger partial charge on any atom is 0.246 e. The molecule has 4 fully saturated rings. The molecule has 4 aliphatic rings. The summed E-state index contributed by atoms with van der Waals surface area (Å²) in [7, 11) is 1.59. The highest BCUT2D eigenvalue weighted by atomic mass is 16.5. The zero-order valence-electron chi connectivity index (χ0n) is 20.6. The Balaban J connectivity index is 1.75. The standard InChI is InChI=1S/C25H41N3O5/c1-5-24-11-12-25(33-24)19(18(24)21(30)26-4)23(32)28(17(14-29)13-15(2)3)20(25)22(31)27-16-9-7-6-8-10-16/h15-20,29H,5-14H2,1-4H3,(H,26,30)(H,27,31)/t17-,18-,19+,20?,24+,25?/m1/s1. The summed E-state index contributed by atoms with van der Waals surface area (Å²) in [6.07, 6.45) is 7.68. The fourth-order valence-electron chi connectivity index (χ4n) is 7.25. The van der Waals surface area contributed by atoms with E-state index in [4.69, 9.17) is 4.74 Å². The summed E-state index contributed by atoms with van der Waals surface area (Å²) in [5, 5.41) is 16.2. The molecule has 1 saturated carbocycles. The molecule has 0 radical (unpaired) electrons. The van der Waals surface area contributed by atoms with Crippen LogP contribution in [0, 0.1) is 17.8 Å². The van der Waals surface area contributed by atoms with Crippen molar-refractivity contribution in [2.75, 3.05) is 13.7 Å². The first-order valence-electron chi connectivity index (χ1n) is 12.9. The van der Waals surface area contributed by atoms with Gasteiger partial charge in [0.15, 0.2) is 0 Å². The van der Waals surface area contributed by atoms with Crippen LogP contribution in [0.15, 0.2) is 0 Å². The van der Waals surface area contributed by atoms with Crippen molar-refractivity contribution in [3.8, 4) is 0 Å². The number of aliphatic hydroxyl groups is 1. The predicted molar refractivity (Wildman–Crippen MR) is 123 cm³/mol. The Morgan fingerprint density at radius 2 is 1.88 bits per heavy atom. The van der Waals surface area contributed by atoms with E-state index in [0.29, 0.717) is 25.7 Å². The molecule has 3 heterocycles. The van der Waals surface area contributed by atoms with E-state index in [1.54, 1.807) is 11.9 Å². The lowest BCUT2D eigenvalue weighted by Gasteiger charge is -2.38. The highest BCUT2D eigenvalue weighted by Gasteiger charge is 2.79. The number of aliphatic hydroxyl groups excluding tert-OH is 1. The third kappa shape index (κ3) is 3.77. The van der Waals surface area contributed by atoms with Gasteiger partial charge < -0.3 is 25.4 Å². The summed E-state index contributed by atoms with van der Waals surface area (Å²) in [6.45, 7) is 5.86. The van der Waals surface area contributed by atoms with Crippen molar-refractivity contribution < 1.29 is 24.2 Å². The van der Waals surface area contributed by atoms with Crippen LogP contribution in [0.1, 0.15) is 78.6 Å². The summed E-state index contributed by atoms with van der Waals surface area (Å²) in [6, 6.07) is -1.20. The molecule has 0 aromatic rings. The second-order valence-corrected chi connectivity index (χ2v) is 11.0. The van der Waals surface area contributed by atoms with Crippen LogP contribution in [0.2, 0.25) is 0 Å². The number of hydrogen-bond donors (Lipinski definition) is 3. The molecule has 0 aromatic carbocycles. The van der Waals surface area contributed by atoms with Crippen molar-refractivity contribution in [3.63, 3.8) is 0 Å². The number of nitrogens with zero attached hydrogens (tertiary/aromatic N) is 1. The van der Waals surface area contributed by atoms with Crippen molar-refractivity contribution in [1.29, 1.82) is 0 Å². The Morgan fingerprint density at radius 1 is 1.18 bits per heavy atom. The number of hydrogen-bond acceptors (Lipinski definition) is 5. The minimum absolute atomic E-state index is 0.102. The van der Waals surface area contributed by atoms with Crippen molar-refractivity contribution in [2.45, 2.75) is 108 Å². The van der Waals surface area contributed by atoms with Gasteiger partial charge in [0.2, 0.25) is 17.7 Å². The normalized spacial score (nSPS) is 36.8. The number of fused-ring (bicyclic) bond motifs is 1. The molecule has 3 aliphatic heterocycles. The third-order valence-corrected chi connectivity index (χ3v) is 8.70. The van der Waals surface area contributed by atoms with Gasteiger partial charge in [0.1, 0.15) is 11.6 Å². The van der Waals surface area contributed by atoms with Crippen LogP contribution in [0.3, 0.4) is 0 Å². The van der Waals surface area contributed by atoms with Gasteiger partial charge in [-0.25, -0.2) is 0 Å². The Bertz CT molecular complexity index is 782. The summed E-state index contributed by atoms with van der Waals surface area (Å²) < 4.78 is 6.71. The largest absolute Gasteiger partial charge is 0.394 e. The van der Waals surface area contributed by atoms with Crippen LogP contribution in [-0.4, -0.2) is 70.7 Å². The minimum Gasteiger partial charge on any atom is -0.394 e. The van der Waals surface area contributed by atoms with Crippen LogP contribution in [0.5, 0.6) is 0 Å². The Morgan fingerprint density at radius 3 is 2.45 bits per heavy atom. The maximum atomic E-state index is 14.0. The van der Waals surface area contributed by atoms with Gasteiger partial charge in [-0.15, -0.1) is 0 Å². The van der Waals surface area contributed by atoms with E-state index in [2.05, 4.69) is 10.6 Å². The molecule has 186 valence electrons. The van der Waals surface area contributed by atoms with E-state index in [1.165, 1.54) is 6.42 Å². The van der Waals surface area contributed by atoms with Crippen molar-refractivity contribution in [1.82, 2.24) is 15.5 Å². The molecule has 3 amide bonds. The lowest BCUT2D eigenvalue weighted by Crippen LogP contribution is -2.59. The summed E-state index contributed by atoms with van der Waals surface area (Å²) in [4.78, 5) is 42.6. The highest BCUT2D eigenvalue weighted by Crippen LogP contribution is 2.64. The van der Waals surface area contributed by atoms with E-state index in [-0.39, 0.29) is 36.3 Å². The molecular weight excluding hydrogens is 422 g/mol. The second kappa shape index (κ2) is 9.17. The van der Waals surface area contributed by atoms with Gasteiger partial charge in [-0.2, -0.15) is 0 Å². The SMILES string of the molecule is CC[C@@]12CCC3(O1)C(C(=O)NC1CCCCC1)N([C@@H](CO)CC(C)C)C(=O)[C@@H]3[C@@H]2C(=O)NC. The fraction of sp³-hybridized carbons (Fsp3) is 0.880. The van der Waals surface area contributed by atoms with Crippen molar-refractivity contribution >= 4 is 17.7 Å². The first-order valence-corrected chi connectivity index (χ1v) is 12.9. The number of ether oxygens (including phenoxy) is 1. The van der Waals surface area contributed by atoms with Crippen LogP contribution in [0.25, 0.3) is 0 Å². The van der Waals surface area contributed by atoms with E-state index in [1.807, 2.05) is 20.8 Å². The zero-order valence-corrected chi connectivity index (χ0v) is 20.6. The average molecular weight is 464 g/mol.